The zero-order valence-electron chi connectivity index (χ0n) is 13.5. The van der Waals surface area contributed by atoms with Crippen LogP contribution in [0.4, 0.5) is 0 Å². The van der Waals surface area contributed by atoms with Crippen molar-refractivity contribution < 1.29 is 9.84 Å². The van der Waals surface area contributed by atoms with Gasteiger partial charge in [-0.05, 0) is 17.7 Å². The molecule has 2 aromatic heterocycles. The number of benzene rings is 1. The molecule has 0 aliphatic rings. The normalized spacial score (nSPS) is 11.7. The van der Waals surface area contributed by atoms with Gasteiger partial charge in [0, 0.05) is 24.8 Å². The van der Waals surface area contributed by atoms with Crippen molar-refractivity contribution in [1.29, 1.82) is 5.26 Å². The van der Waals surface area contributed by atoms with E-state index in [1.54, 1.807) is 43.1 Å². The van der Waals surface area contributed by atoms with Crippen LogP contribution in [0, 0.1) is 11.3 Å². The lowest BCUT2D eigenvalue weighted by Crippen LogP contribution is -2.23. The Labute approximate surface area is 145 Å². The number of aliphatic hydroxyl groups excluding tert-OH is 1. The summed E-state index contributed by atoms with van der Waals surface area (Å²) in [5.74, 6) is 1.30. The van der Waals surface area contributed by atoms with Crippen LogP contribution in [0.3, 0.4) is 0 Å². The number of nitrogens with zero attached hydrogens (tertiary/aromatic N) is 5. The van der Waals surface area contributed by atoms with Crippen LogP contribution in [0.2, 0.25) is 0 Å². The summed E-state index contributed by atoms with van der Waals surface area (Å²) in [6, 6.07) is 9.37. The fourth-order valence-corrected chi connectivity index (χ4v) is 2.37. The Morgan fingerprint density at radius 1 is 1.16 bits per heavy atom. The predicted molar refractivity (Wildman–Crippen MR) is 90.5 cm³/mol. The first kappa shape index (κ1) is 16.6. The number of aliphatic hydroxyl groups is 1. The second-order valence-corrected chi connectivity index (χ2v) is 5.44. The molecule has 2 heterocycles. The maximum absolute atomic E-state index is 10.2. The molecule has 1 N–H and O–H groups in total. The molecule has 25 heavy (non-hydrogen) atoms. The van der Waals surface area contributed by atoms with Crippen molar-refractivity contribution >= 4 is 0 Å². The summed E-state index contributed by atoms with van der Waals surface area (Å²) in [4.78, 5) is 12.5. The molecule has 0 spiro atoms. The van der Waals surface area contributed by atoms with Gasteiger partial charge in [-0.3, -0.25) is 4.98 Å². The van der Waals surface area contributed by atoms with Crippen molar-refractivity contribution in [3.05, 3.63) is 60.8 Å². The van der Waals surface area contributed by atoms with Crippen molar-refractivity contribution in [2.75, 3.05) is 6.61 Å². The van der Waals surface area contributed by atoms with Crippen molar-refractivity contribution in [1.82, 2.24) is 19.5 Å². The lowest BCUT2D eigenvalue weighted by molar-refractivity contribution is 0.0928. The van der Waals surface area contributed by atoms with Gasteiger partial charge < -0.3 is 14.4 Å². The molecule has 0 saturated carbocycles. The minimum Gasteiger partial charge on any atom is -0.491 e. The molecule has 0 amide bonds. The van der Waals surface area contributed by atoms with Gasteiger partial charge in [-0.2, -0.15) is 5.26 Å². The van der Waals surface area contributed by atoms with Gasteiger partial charge in [0.25, 0.3) is 0 Å². The molecule has 0 bridgehead atoms. The third kappa shape index (κ3) is 4.40. The van der Waals surface area contributed by atoms with Gasteiger partial charge in [0.05, 0.1) is 25.2 Å². The first-order valence-electron chi connectivity index (χ1n) is 7.80. The highest BCUT2D eigenvalue weighted by Crippen LogP contribution is 2.15. The number of hydrogen-bond acceptors (Lipinski definition) is 6. The van der Waals surface area contributed by atoms with E-state index in [9.17, 15) is 5.11 Å². The van der Waals surface area contributed by atoms with Crippen LogP contribution in [0.15, 0.2) is 55.2 Å². The number of ether oxygens (including phenoxy) is 1. The number of rotatable bonds is 7. The molecule has 1 atom stereocenters. The van der Waals surface area contributed by atoms with Gasteiger partial charge in [0.15, 0.2) is 5.82 Å². The minimum absolute atomic E-state index is 0.148. The molecular formula is C18H17N5O2. The molecule has 1 aromatic carbocycles. The van der Waals surface area contributed by atoms with Gasteiger partial charge >= 0.3 is 0 Å². The first-order chi connectivity index (χ1) is 12.3. The first-order valence-corrected chi connectivity index (χ1v) is 7.80. The number of hydrogen-bond donors (Lipinski definition) is 1. The molecule has 0 aliphatic carbocycles. The molecule has 0 aliphatic heterocycles. The Morgan fingerprint density at radius 2 is 2.00 bits per heavy atom. The van der Waals surface area contributed by atoms with E-state index in [-0.39, 0.29) is 6.61 Å². The van der Waals surface area contributed by atoms with Crippen molar-refractivity contribution in [2.45, 2.75) is 19.1 Å². The van der Waals surface area contributed by atoms with E-state index >= 15 is 0 Å². The van der Waals surface area contributed by atoms with Gasteiger partial charge in [0.2, 0.25) is 0 Å². The Bertz CT molecular complexity index is 840. The van der Waals surface area contributed by atoms with Crippen LogP contribution < -0.4 is 4.74 Å². The van der Waals surface area contributed by atoms with Crippen LogP contribution in [-0.2, 0) is 13.0 Å². The fourth-order valence-electron chi connectivity index (χ4n) is 2.37. The summed E-state index contributed by atoms with van der Waals surface area (Å²) in [6.45, 7) is 0.480. The van der Waals surface area contributed by atoms with E-state index in [0.29, 0.717) is 30.2 Å². The molecule has 3 rings (SSSR count). The second kappa shape index (κ2) is 8.04. The van der Waals surface area contributed by atoms with Crippen LogP contribution in [-0.4, -0.2) is 37.3 Å². The number of imidazole rings is 1. The lowest BCUT2D eigenvalue weighted by atomic mass is 10.2. The monoisotopic (exact) mass is 335 g/mol. The highest BCUT2D eigenvalue weighted by Gasteiger charge is 2.12. The highest BCUT2D eigenvalue weighted by molar-refractivity contribution is 5.47. The third-order valence-electron chi connectivity index (χ3n) is 3.56. The summed E-state index contributed by atoms with van der Waals surface area (Å²) in [5, 5.41) is 18.9. The Morgan fingerprint density at radius 3 is 2.72 bits per heavy atom. The van der Waals surface area contributed by atoms with E-state index in [4.69, 9.17) is 10.00 Å². The summed E-state index contributed by atoms with van der Waals surface area (Å²) < 4.78 is 7.41. The Balaban J connectivity index is 1.57. The topological polar surface area (TPSA) is 96.8 Å². The maximum atomic E-state index is 10.2. The lowest BCUT2D eigenvalue weighted by Gasteiger charge is -2.14. The smallest absolute Gasteiger partial charge is 0.160 e. The van der Waals surface area contributed by atoms with Crippen LogP contribution >= 0.6 is 0 Å². The van der Waals surface area contributed by atoms with Crippen molar-refractivity contribution in [3.63, 3.8) is 0 Å². The fraction of sp³-hybridized carbons (Fsp3) is 0.222. The zero-order chi connectivity index (χ0) is 17.5. The summed E-state index contributed by atoms with van der Waals surface area (Å²) in [5.41, 5.74) is 1.58. The highest BCUT2D eigenvalue weighted by atomic mass is 16.5. The average Bonchev–Trinajstić information content (AvgIpc) is 3.10. The molecule has 3 aromatic rings. The van der Waals surface area contributed by atoms with Gasteiger partial charge in [0.1, 0.15) is 24.2 Å². The summed E-state index contributed by atoms with van der Waals surface area (Å²) >= 11 is 0. The van der Waals surface area contributed by atoms with Crippen molar-refractivity contribution in [2.24, 2.45) is 0 Å². The summed E-state index contributed by atoms with van der Waals surface area (Å²) in [7, 11) is 0. The molecular weight excluding hydrogens is 318 g/mol. The largest absolute Gasteiger partial charge is 0.491 e. The van der Waals surface area contributed by atoms with E-state index in [2.05, 4.69) is 21.0 Å². The molecule has 0 radical (unpaired) electrons. The van der Waals surface area contributed by atoms with E-state index in [0.717, 1.165) is 5.56 Å². The van der Waals surface area contributed by atoms with Gasteiger partial charge in [-0.15, -0.1) is 0 Å². The standard InChI is InChI=1S/C18H17N5O2/c19-6-5-14-1-3-16(4-2-14)25-13-15(24)12-23-10-9-22-18(23)17-11-20-7-8-21-17/h1-4,7-11,15,24H,5,12-13H2. The quantitative estimate of drug-likeness (QED) is 0.708. The molecule has 126 valence electrons. The maximum Gasteiger partial charge on any atom is 0.160 e. The second-order valence-electron chi connectivity index (χ2n) is 5.44. The Hall–Kier alpha value is -3.24. The van der Waals surface area contributed by atoms with E-state index < -0.39 is 6.10 Å². The van der Waals surface area contributed by atoms with Crippen LogP contribution in [0.25, 0.3) is 11.5 Å². The van der Waals surface area contributed by atoms with Gasteiger partial charge in [-0.25, -0.2) is 9.97 Å². The molecule has 0 saturated heterocycles. The SMILES string of the molecule is N#CCc1ccc(OCC(O)Cn2ccnc2-c2cnccn2)cc1. The molecule has 0 fully saturated rings. The average molecular weight is 335 g/mol. The van der Waals surface area contributed by atoms with Crippen LogP contribution in [0.1, 0.15) is 5.56 Å². The molecule has 7 nitrogen and oxygen atoms in total. The minimum atomic E-state index is -0.705. The van der Waals surface area contributed by atoms with Crippen LogP contribution in [0.5, 0.6) is 5.75 Å². The Kier molecular flexibility index (Phi) is 5.34. The van der Waals surface area contributed by atoms with Crippen molar-refractivity contribution in [3.8, 4) is 23.3 Å². The molecule has 7 heteroatoms. The number of aromatic nitrogens is 4. The third-order valence-corrected chi connectivity index (χ3v) is 3.56. The number of nitriles is 1. The van der Waals surface area contributed by atoms with Gasteiger partial charge in [-0.1, -0.05) is 12.1 Å². The van der Waals surface area contributed by atoms with E-state index in [1.165, 1.54) is 0 Å². The zero-order valence-corrected chi connectivity index (χ0v) is 13.5. The molecule has 1 unspecified atom stereocenters. The van der Waals surface area contributed by atoms with E-state index in [1.807, 2.05) is 16.7 Å². The predicted octanol–water partition coefficient (Wildman–Crippen LogP) is 1.85. The summed E-state index contributed by atoms with van der Waals surface area (Å²) in [6.07, 6.45) is 7.93.